The summed E-state index contributed by atoms with van der Waals surface area (Å²) in [7, 11) is 0. The number of thiophene rings is 1. The summed E-state index contributed by atoms with van der Waals surface area (Å²) in [5.74, 6) is 0. The fraction of sp³-hybridized carbons (Fsp3) is 0.692. The summed E-state index contributed by atoms with van der Waals surface area (Å²) >= 11 is 1.94. The molecule has 2 atom stereocenters. The number of ether oxygens (including phenoxy) is 1. The average Bonchev–Trinajstić information content (AvgIpc) is 2.60. The van der Waals surface area contributed by atoms with Gasteiger partial charge >= 0.3 is 0 Å². The Morgan fingerprint density at radius 3 is 3.25 bits per heavy atom. The van der Waals surface area contributed by atoms with E-state index in [0.29, 0.717) is 6.04 Å². The Labute approximate surface area is 101 Å². The molecule has 16 heavy (non-hydrogen) atoms. The predicted molar refractivity (Wildman–Crippen MR) is 67.1 cm³/mol. The molecule has 0 radical (unpaired) electrons. The van der Waals surface area contributed by atoms with Crippen LogP contribution in [0.25, 0.3) is 0 Å². The molecule has 1 fully saturated rings. The molecule has 1 N–H and O–H groups in total. The van der Waals surface area contributed by atoms with Crippen molar-refractivity contribution in [3.63, 3.8) is 0 Å². The lowest BCUT2D eigenvalue weighted by Gasteiger charge is -2.42. The van der Waals surface area contributed by atoms with Crippen LogP contribution in [0.3, 0.4) is 0 Å². The Morgan fingerprint density at radius 1 is 1.56 bits per heavy atom. The second-order valence-corrected chi connectivity index (χ2v) is 6.37. The van der Waals surface area contributed by atoms with Gasteiger partial charge in [-0.15, -0.1) is 11.3 Å². The minimum Gasteiger partial charge on any atom is -0.369 e. The molecule has 1 aromatic rings. The summed E-state index contributed by atoms with van der Waals surface area (Å²) in [5.41, 5.74) is 1.58. The van der Waals surface area contributed by atoms with Gasteiger partial charge in [0.2, 0.25) is 0 Å². The minimum absolute atomic E-state index is 0.0389. The van der Waals surface area contributed by atoms with Gasteiger partial charge in [-0.1, -0.05) is 0 Å². The molecule has 0 saturated carbocycles. The van der Waals surface area contributed by atoms with E-state index in [1.807, 2.05) is 11.3 Å². The maximum absolute atomic E-state index is 6.19. The zero-order valence-corrected chi connectivity index (χ0v) is 10.8. The topological polar surface area (TPSA) is 21.3 Å². The normalized spacial score (nSPS) is 34.0. The molecule has 3 heteroatoms. The molecule has 2 nitrogen and oxygen atoms in total. The Balaban J connectivity index is 2.02. The highest BCUT2D eigenvalue weighted by Crippen LogP contribution is 2.45. The lowest BCUT2D eigenvalue weighted by molar-refractivity contribution is -0.0848. The van der Waals surface area contributed by atoms with E-state index < -0.39 is 0 Å². The molecule has 88 valence electrons. The van der Waals surface area contributed by atoms with E-state index >= 15 is 0 Å². The molecule has 3 rings (SSSR count). The van der Waals surface area contributed by atoms with Gasteiger partial charge in [0.15, 0.2) is 0 Å². The lowest BCUT2D eigenvalue weighted by Crippen LogP contribution is -2.48. The SMILES string of the molecule is Cc1cc2c(s1)[C@]1(CCN[C@@H](C)C1)OCC2. The Morgan fingerprint density at radius 2 is 2.44 bits per heavy atom. The smallest absolute Gasteiger partial charge is 0.105 e. The summed E-state index contributed by atoms with van der Waals surface area (Å²) in [5, 5.41) is 3.52. The Kier molecular flexibility index (Phi) is 2.57. The third kappa shape index (κ3) is 1.62. The summed E-state index contributed by atoms with van der Waals surface area (Å²) in [6, 6.07) is 2.93. The minimum atomic E-state index is 0.0389. The fourth-order valence-electron chi connectivity index (χ4n) is 3.09. The summed E-state index contributed by atoms with van der Waals surface area (Å²) in [6.45, 7) is 6.45. The third-order valence-corrected chi connectivity index (χ3v) is 5.03. The van der Waals surface area contributed by atoms with Gasteiger partial charge in [0, 0.05) is 15.8 Å². The molecule has 1 saturated heterocycles. The number of hydrogen-bond acceptors (Lipinski definition) is 3. The molecular formula is C13H19NOS. The van der Waals surface area contributed by atoms with Crippen molar-refractivity contribution in [1.29, 1.82) is 0 Å². The molecule has 0 unspecified atom stereocenters. The lowest BCUT2D eigenvalue weighted by atomic mass is 9.83. The predicted octanol–water partition coefficient (Wildman–Crippen LogP) is 2.60. The molecular weight excluding hydrogens is 218 g/mol. The van der Waals surface area contributed by atoms with Crippen LogP contribution < -0.4 is 5.32 Å². The highest BCUT2D eigenvalue weighted by atomic mass is 32.1. The van der Waals surface area contributed by atoms with Crippen LogP contribution in [-0.4, -0.2) is 19.2 Å². The van der Waals surface area contributed by atoms with Crippen LogP contribution in [0.2, 0.25) is 0 Å². The zero-order chi connectivity index (χ0) is 11.2. The van der Waals surface area contributed by atoms with Crippen LogP contribution in [0.15, 0.2) is 6.07 Å². The van der Waals surface area contributed by atoms with Crippen LogP contribution in [0.1, 0.15) is 35.1 Å². The van der Waals surface area contributed by atoms with Crippen LogP contribution >= 0.6 is 11.3 Å². The molecule has 0 aliphatic carbocycles. The van der Waals surface area contributed by atoms with Crippen molar-refractivity contribution in [1.82, 2.24) is 5.32 Å². The quantitative estimate of drug-likeness (QED) is 0.749. The first-order valence-corrected chi connectivity index (χ1v) is 6.98. The number of aryl methyl sites for hydroxylation is 1. The summed E-state index contributed by atoms with van der Waals surface area (Å²) < 4.78 is 6.19. The molecule has 1 spiro atoms. The van der Waals surface area contributed by atoms with Crippen LogP contribution in [-0.2, 0) is 16.8 Å². The molecule has 0 amide bonds. The van der Waals surface area contributed by atoms with Crippen LogP contribution in [0.4, 0.5) is 0 Å². The van der Waals surface area contributed by atoms with E-state index in [0.717, 1.165) is 32.4 Å². The maximum atomic E-state index is 6.19. The van der Waals surface area contributed by atoms with Gasteiger partial charge in [-0.2, -0.15) is 0 Å². The Hall–Kier alpha value is -0.380. The number of hydrogen-bond donors (Lipinski definition) is 1. The molecule has 2 aliphatic heterocycles. The van der Waals surface area contributed by atoms with Crippen molar-refractivity contribution >= 4 is 11.3 Å². The molecule has 1 aromatic heterocycles. The zero-order valence-electron chi connectivity index (χ0n) is 10.0. The van der Waals surface area contributed by atoms with E-state index in [2.05, 4.69) is 25.2 Å². The first-order valence-electron chi connectivity index (χ1n) is 6.17. The van der Waals surface area contributed by atoms with Crippen molar-refractivity contribution < 1.29 is 4.74 Å². The van der Waals surface area contributed by atoms with Crippen molar-refractivity contribution in [2.45, 2.75) is 44.8 Å². The van der Waals surface area contributed by atoms with Crippen molar-refractivity contribution in [2.75, 3.05) is 13.2 Å². The van der Waals surface area contributed by atoms with Gasteiger partial charge < -0.3 is 10.1 Å². The van der Waals surface area contributed by atoms with Gasteiger partial charge in [-0.05, 0) is 51.3 Å². The summed E-state index contributed by atoms with van der Waals surface area (Å²) in [4.78, 5) is 2.95. The van der Waals surface area contributed by atoms with Crippen molar-refractivity contribution in [2.24, 2.45) is 0 Å². The first kappa shape index (κ1) is 10.8. The molecule has 0 bridgehead atoms. The average molecular weight is 237 g/mol. The largest absolute Gasteiger partial charge is 0.369 e. The second-order valence-electron chi connectivity index (χ2n) is 5.11. The van der Waals surface area contributed by atoms with E-state index in [1.165, 1.54) is 9.75 Å². The van der Waals surface area contributed by atoms with Gasteiger partial charge in [0.05, 0.1) is 6.61 Å². The molecule has 0 aromatic carbocycles. The maximum Gasteiger partial charge on any atom is 0.105 e. The van der Waals surface area contributed by atoms with E-state index in [1.54, 1.807) is 5.56 Å². The highest BCUT2D eigenvalue weighted by Gasteiger charge is 2.42. The number of piperidine rings is 1. The van der Waals surface area contributed by atoms with E-state index in [9.17, 15) is 0 Å². The molecule has 3 heterocycles. The number of nitrogens with one attached hydrogen (secondary N) is 1. The Bertz CT molecular complexity index is 401. The first-order chi connectivity index (χ1) is 7.70. The monoisotopic (exact) mass is 237 g/mol. The van der Waals surface area contributed by atoms with Gasteiger partial charge in [0.1, 0.15) is 5.60 Å². The van der Waals surface area contributed by atoms with E-state index in [-0.39, 0.29) is 5.60 Å². The summed E-state index contributed by atoms with van der Waals surface area (Å²) in [6.07, 6.45) is 3.35. The second kappa shape index (κ2) is 3.83. The van der Waals surface area contributed by atoms with Gasteiger partial charge in [-0.3, -0.25) is 0 Å². The van der Waals surface area contributed by atoms with Crippen LogP contribution in [0.5, 0.6) is 0 Å². The third-order valence-electron chi connectivity index (χ3n) is 3.75. The fourth-order valence-corrected chi connectivity index (χ4v) is 4.33. The molecule has 2 aliphatic rings. The van der Waals surface area contributed by atoms with E-state index in [4.69, 9.17) is 4.74 Å². The standard InChI is InChI=1S/C13H19NOS/c1-9-8-13(4-5-14-9)12-11(3-6-15-13)7-10(2)16-12/h7,9,14H,3-6,8H2,1-2H3/t9-,13+/m0/s1. The van der Waals surface area contributed by atoms with Crippen LogP contribution in [0, 0.1) is 6.92 Å². The number of fused-ring (bicyclic) bond motifs is 2. The van der Waals surface area contributed by atoms with Crippen molar-refractivity contribution in [3.8, 4) is 0 Å². The van der Waals surface area contributed by atoms with Gasteiger partial charge in [-0.25, -0.2) is 0 Å². The van der Waals surface area contributed by atoms with Crippen molar-refractivity contribution in [3.05, 3.63) is 21.4 Å². The van der Waals surface area contributed by atoms with Gasteiger partial charge in [0.25, 0.3) is 0 Å². The number of rotatable bonds is 0. The highest BCUT2D eigenvalue weighted by molar-refractivity contribution is 7.12.